The second-order valence-corrected chi connectivity index (χ2v) is 3.10. The quantitative estimate of drug-likeness (QED) is 0.738. The third-order valence-corrected chi connectivity index (χ3v) is 2.18. The van der Waals surface area contributed by atoms with Crippen molar-refractivity contribution in [2.75, 3.05) is 0 Å². The molecule has 0 aliphatic rings. The lowest BCUT2D eigenvalue weighted by Crippen LogP contribution is -2.00. The molecule has 2 aromatic rings. The highest BCUT2D eigenvalue weighted by atomic mass is 15.1. The van der Waals surface area contributed by atoms with Crippen LogP contribution in [0, 0.1) is 11.3 Å². The lowest BCUT2D eigenvalue weighted by atomic mass is 10.3. The van der Waals surface area contributed by atoms with Gasteiger partial charge in [-0.15, -0.1) is 0 Å². The summed E-state index contributed by atoms with van der Waals surface area (Å²) in [6.07, 6.45) is 4.20. The molecule has 2 aromatic heterocycles. The van der Waals surface area contributed by atoms with Crippen molar-refractivity contribution in [2.24, 2.45) is 0 Å². The molecular formula is C11H10N4. The maximum atomic E-state index is 8.88. The van der Waals surface area contributed by atoms with E-state index in [2.05, 4.69) is 16.0 Å². The predicted molar refractivity (Wildman–Crippen MR) is 55.5 cm³/mol. The Morgan fingerprint density at radius 3 is 3.07 bits per heavy atom. The first-order valence-electron chi connectivity index (χ1n) is 4.74. The Kier molecular flexibility index (Phi) is 2.46. The first-order valence-corrected chi connectivity index (χ1v) is 4.74. The molecule has 0 aromatic carbocycles. The summed E-state index contributed by atoms with van der Waals surface area (Å²) in [5.74, 6) is 0.739. The molecule has 2 heterocycles. The van der Waals surface area contributed by atoms with Crippen molar-refractivity contribution in [3.8, 4) is 11.9 Å². The van der Waals surface area contributed by atoms with Crippen LogP contribution in [0.25, 0.3) is 5.82 Å². The van der Waals surface area contributed by atoms with Gasteiger partial charge < -0.3 is 0 Å². The number of rotatable bonds is 2. The Morgan fingerprint density at radius 2 is 2.33 bits per heavy atom. The van der Waals surface area contributed by atoms with E-state index in [9.17, 15) is 0 Å². The minimum absolute atomic E-state index is 0.579. The molecule has 0 N–H and O–H groups in total. The van der Waals surface area contributed by atoms with Gasteiger partial charge in [0.25, 0.3) is 0 Å². The maximum Gasteiger partial charge on any atom is 0.141 e. The molecule has 0 amide bonds. The minimum atomic E-state index is 0.579. The van der Waals surface area contributed by atoms with Crippen molar-refractivity contribution in [1.29, 1.82) is 5.26 Å². The number of aromatic nitrogens is 3. The van der Waals surface area contributed by atoms with Crippen molar-refractivity contribution < 1.29 is 0 Å². The van der Waals surface area contributed by atoms with Gasteiger partial charge in [0.1, 0.15) is 23.9 Å². The molecule has 0 aliphatic heterocycles. The SMILES string of the molecule is CCc1cc(-n2cccc2C#N)ncn1. The highest BCUT2D eigenvalue weighted by Crippen LogP contribution is 2.09. The molecule has 0 saturated carbocycles. The average Bonchev–Trinajstić information content (AvgIpc) is 2.77. The molecule has 4 nitrogen and oxygen atoms in total. The largest absolute Gasteiger partial charge is 0.292 e. The van der Waals surface area contributed by atoms with Gasteiger partial charge in [-0.25, -0.2) is 9.97 Å². The van der Waals surface area contributed by atoms with Crippen molar-refractivity contribution in [1.82, 2.24) is 14.5 Å². The summed E-state index contributed by atoms with van der Waals surface area (Å²) in [6, 6.07) is 7.59. The minimum Gasteiger partial charge on any atom is -0.292 e. The zero-order chi connectivity index (χ0) is 10.7. The van der Waals surface area contributed by atoms with E-state index >= 15 is 0 Å². The maximum absolute atomic E-state index is 8.88. The highest BCUT2D eigenvalue weighted by Gasteiger charge is 2.03. The molecule has 2 rings (SSSR count). The highest BCUT2D eigenvalue weighted by molar-refractivity contribution is 5.34. The van der Waals surface area contributed by atoms with E-state index in [-0.39, 0.29) is 0 Å². The van der Waals surface area contributed by atoms with Crippen LogP contribution in [0.4, 0.5) is 0 Å². The van der Waals surface area contributed by atoms with Crippen LogP contribution in [0.1, 0.15) is 18.3 Å². The molecule has 0 spiro atoms. The predicted octanol–water partition coefficient (Wildman–Crippen LogP) is 1.70. The van der Waals surface area contributed by atoms with Gasteiger partial charge in [-0.2, -0.15) is 5.26 Å². The van der Waals surface area contributed by atoms with Gasteiger partial charge in [-0.05, 0) is 18.6 Å². The van der Waals surface area contributed by atoms with Crippen molar-refractivity contribution >= 4 is 0 Å². The van der Waals surface area contributed by atoms with Crippen molar-refractivity contribution in [3.63, 3.8) is 0 Å². The van der Waals surface area contributed by atoms with Crippen LogP contribution < -0.4 is 0 Å². The van der Waals surface area contributed by atoms with Crippen LogP contribution in [0.15, 0.2) is 30.7 Å². The molecule has 0 unspecified atom stereocenters. The summed E-state index contributed by atoms with van der Waals surface area (Å²) < 4.78 is 1.75. The monoisotopic (exact) mass is 198 g/mol. The first kappa shape index (κ1) is 9.41. The summed E-state index contributed by atoms with van der Waals surface area (Å²) in [5.41, 5.74) is 1.55. The van der Waals surface area contributed by atoms with Gasteiger partial charge in [0.15, 0.2) is 0 Å². The molecule has 0 aliphatic carbocycles. The lowest BCUT2D eigenvalue weighted by Gasteiger charge is -2.04. The Labute approximate surface area is 87.8 Å². The van der Waals surface area contributed by atoms with Crippen LogP contribution >= 0.6 is 0 Å². The van der Waals surface area contributed by atoms with Crippen LogP contribution in [-0.4, -0.2) is 14.5 Å². The summed E-state index contributed by atoms with van der Waals surface area (Å²) in [7, 11) is 0. The molecular weight excluding hydrogens is 188 g/mol. The van der Waals surface area contributed by atoms with Crippen LogP contribution in [-0.2, 0) is 6.42 Å². The first-order chi connectivity index (χ1) is 7.35. The van der Waals surface area contributed by atoms with Gasteiger partial charge in [-0.1, -0.05) is 6.92 Å². The second-order valence-electron chi connectivity index (χ2n) is 3.10. The third kappa shape index (κ3) is 1.72. The molecule has 4 heteroatoms. The van der Waals surface area contributed by atoms with E-state index in [1.807, 2.05) is 25.3 Å². The fourth-order valence-corrected chi connectivity index (χ4v) is 1.38. The Bertz CT molecular complexity index is 507. The summed E-state index contributed by atoms with van der Waals surface area (Å²) >= 11 is 0. The summed E-state index contributed by atoms with van der Waals surface area (Å²) in [6.45, 7) is 2.03. The smallest absolute Gasteiger partial charge is 0.141 e. The Morgan fingerprint density at radius 1 is 1.47 bits per heavy atom. The van der Waals surface area contributed by atoms with Gasteiger partial charge in [0.05, 0.1) is 0 Å². The standard InChI is InChI=1S/C11H10N4/c1-2-9-6-11(14-8-13-9)15-5-3-4-10(15)7-12/h3-6,8H,2H2,1H3. The molecule has 0 radical (unpaired) electrons. The molecule has 0 fully saturated rings. The van der Waals surface area contributed by atoms with Crippen LogP contribution in [0.2, 0.25) is 0 Å². The fraction of sp³-hybridized carbons (Fsp3) is 0.182. The molecule has 0 bridgehead atoms. The summed E-state index contributed by atoms with van der Waals surface area (Å²) in [5, 5.41) is 8.88. The third-order valence-electron chi connectivity index (χ3n) is 2.18. The number of hydrogen-bond acceptors (Lipinski definition) is 3. The van der Waals surface area contributed by atoms with Crippen molar-refractivity contribution in [3.05, 3.63) is 42.1 Å². The van der Waals surface area contributed by atoms with E-state index in [0.29, 0.717) is 5.69 Å². The number of hydrogen-bond donors (Lipinski definition) is 0. The van der Waals surface area contributed by atoms with Gasteiger partial charge in [-0.3, -0.25) is 4.57 Å². The molecule has 15 heavy (non-hydrogen) atoms. The van der Waals surface area contributed by atoms with Gasteiger partial charge in [0, 0.05) is 18.0 Å². The average molecular weight is 198 g/mol. The van der Waals surface area contributed by atoms with E-state index in [1.54, 1.807) is 10.6 Å². The van der Waals surface area contributed by atoms with E-state index in [1.165, 1.54) is 6.33 Å². The fourth-order valence-electron chi connectivity index (χ4n) is 1.38. The Balaban J connectivity index is 2.50. The molecule has 0 saturated heterocycles. The Hall–Kier alpha value is -2.15. The van der Waals surface area contributed by atoms with Gasteiger partial charge in [0.2, 0.25) is 0 Å². The number of nitriles is 1. The lowest BCUT2D eigenvalue weighted by molar-refractivity contribution is 0.925. The van der Waals surface area contributed by atoms with Crippen molar-refractivity contribution in [2.45, 2.75) is 13.3 Å². The zero-order valence-electron chi connectivity index (χ0n) is 8.38. The van der Waals surface area contributed by atoms with Gasteiger partial charge >= 0.3 is 0 Å². The normalized spacial score (nSPS) is 9.87. The number of aryl methyl sites for hydroxylation is 1. The van der Waals surface area contributed by atoms with E-state index in [4.69, 9.17) is 5.26 Å². The van der Waals surface area contributed by atoms with Crippen LogP contribution in [0.3, 0.4) is 0 Å². The zero-order valence-corrected chi connectivity index (χ0v) is 8.38. The number of nitrogens with zero attached hydrogens (tertiary/aromatic N) is 4. The van der Waals surface area contributed by atoms with E-state index < -0.39 is 0 Å². The van der Waals surface area contributed by atoms with E-state index in [0.717, 1.165) is 17.9 Å². The second kappa shape index (κ2) is 3.93. The topological polar surface area (TPSA) is 54.5 Å². The molecule has 74 valence electrons. The van der Waals surface area contributed by atoms with Crippen LogP contribution in [0.5, 0.6) is 0 Å². The summed E-state index contributed by atoms with van der Waals surface area (Å²) in [4.78, 5) is 8.26. The molecule has 0 atom stereocenters.